The number of nitrogens with zero attached hydrogens (tertiary/aromatic N) is 5. The Kier molecular flexibility index (Phi) is 4.94. The van der Waals surface area contributed by atoms with Crippen LogP contribution in [0.2, 0.25) is 0 Å². The summed E-state index contributed by atoms with van der Waals surface area (Å²) < 4.78 is 0. The number of hydrogen-bond donors (Lipinski definition) is 1. The van der Waals surface area contributed by atoms with E-state index in [1.807, 2.05) is 37.2 Å². The first kappa shape index (κ1) is 16.5. The Hall–Kier alpha value is -3.35. The second-order valence-electron chi connectivity index (χ2n) is 5.59. The van der Waals surface area contributed by atoms with E-state index in [9.17, 15) is 4.79 Å². The Bertz CT molecular complexity index is 852. The molecule has 1 N–H and O–H groups in total. The Morgan fingerprint density at radius 2 is 1.64 bits per heavy atom. The van der Waals surface area contributed by atoms with Crippen LogP contribution >= 0.6 is 0 Å². The molecule has 25 heavy (non-hydrogen) atoms. The molecule has 3 aromatic rings. The Labute approximate surface area is 145 Å². The molecule has 0 fully saturated rings. The van der Waals surface area contributed by atoms with Crippen LogP contribution in [0.4, 0.5) is 5.82 Å². The van der Waals surface area contributed by atoms with Crippen LogP contribution in [0, 0.1) is 0 Å². The minimum absolute atomic E-state index is 0.169. The lowest BCUT2D eigenvalue weighted by Crippen LogP contribution is -2.24. The van der Waals surface area contributed by atoms with E-state index in [0.29, 0.717) is 17.9 Å². The fourth-order valence-electron chi connectivity index (χ4n) is 2.21. The number of carbonyl (C=O) groups excluding carboxylic acids is 1. The number of hydrogen-bond acceptors (Lipinski definition) is 6. The number of pyridine rings is 2. The maximum absolute atomic E-state index is 12.2. The zero-order valence-electron chi connectivity index (χ0n) is 14.0. The molecule has 3 heterocycles. The van der Waals surface area contributed by atoms with Crippen LogP contribution < -0.4 is 10.2 Å². The molecule has 7 heteroatoms. The van der Waals surface area contributed by atoms with E-state index in [4.69, 9.17) is 0 Å². The van der Waals surface area contributed by atoms with Crippen molar-refractivity contribution >= 4 is 11.7 Å². The van der Waals surface area contributed by atoms with Gasteiger partial charge >= 0.3 is 0 Å². The molecule has 0 saturated heterocycles. The molecule has 0 aliphatic rings. The third-order valence-corrected chi connectivity index (χ3v) is 3.53. The van der Waals surface area contributed by atoms with E-state index in [-0.39, 0.29) is 5.91 Å². The van der Waals surface area contributed by atoms with Crippen LogP contribution in [0.25, 0.3) is 11.4 Å². The van der Waals surface area contributed by atoms with Crippen LogP contribution in [0.15, 0.2) is 55.1 Å². The van der Waals surface area contributed by atoms with Crippen molar-refractivity contribution in [3.05, 3.63) is 66.4 Å². The highest BCUT2D eigenvalue weighted by atomic mass is 16.1. The van der Waals surface area contributed by atoms with Crippen molar-refractivity contribution in [3.8, 4) is 11.4 Å². The summed E-state index contributed by atoms with van der Waals surface area (Å²) in [6, 6.07) is 8.91. The lowest BCUT2D eigenvalue weighted by Gasteiger charge is -2.14. The highest BCUT2D eigenvalue weighted by molar-refractivity contribution is 5.93. The van der Waals surface area contributed by atoms with Gasteiger partial charge in [-0.15, -0.1) is 0 Å². The molecule has 7 nitrogen and oxygen atoms in total. The first-order chi connectivity index (χ1) is 12.1. The van der Waals surface area contributed by atoms with Gasteiger partial charge in [-0.3, -0.25) is 14.8 Å². The topological polar surface area (TPSA) is 83.9 Å². The van der Waals surface area contributed by atoms with Crippen molar-refractivity contribution in [1.82, 2.24) is 25.3 Å². The normalized spacial score (nSPS) is 10.3. The second-order valence-corrected chi connectivity index (χ2v) is 5.59. The van der Waals surface area contributed by atoms with Gasteiger partial charge in [-0.25, -0.2) is 9.97 Å². The monoisotopic (exact) mass is 334 g/mol. The summed E-state index contributed by atoms with van der Waals surface area (Å²) >= 11 is 0. The maximum atomic E-state index is 12.2. The number of amides is 1. The van der Waals surface area contributed by atoms with Gasteiger partial charge in [-0.2, -0.15) is 0 Å². The largest absolute Gasteiger partial charge is 0.363 e. The molecule has 0 unspecified atom stereocenters. The Balaban J connectivity index is 1.83. The van der Waals surface area contributed by atoms with Gasteiger partial charge in [-0.05, 0) is 24.3 Å². The van der Waals surface area contributed by atoms with Crippen molar-refractivity contribution in [1.29, 1.82) is 0 Å². The zero-order valence-corrected chi connectivity index (χ0v) is 14.0. The fraction of sp³-hybridized carbons (Fsp3) is 0.167. The molecule has 0 aliphatic carbocycles. The van der Waals surface area contributed by atoms with Crippen LogP contribution in [0.3, 0.4) is 0 Å². The van der Waals surface area contributed by atoms with Gasteiger partial charge in [0.15, 0.2) is 5.82 Å². The summed E-state index contributed by atoms with van der Waals surface area (Å²) in [7, 11) is 3.83. The molecule has 0 radical (unpaired) electrons. The molecule has 3 aromatic heterocycles. The average molecular weight is 334 g/mol. The molecule has 0 aromatic carbocycles. The predicted octanol–water partition coefficient (Wildman–Crippen LogP) is 1.93. The lowest BCUT2D eigenvalue weighted by atomic mass is 10.2. The van der Waals surface area contributed by atoms with Crippen molar-refractivity contribution in [2.75, 3.05) is 19.0 Å². The van der Waals surface area contributed by atoms with Crippen molar-refractivity contribution in [3.63, 3.8) is 0 Å². The van der Waals surface area contributed by atoms with Crippen LogP contribution in [-0.4, -0.2) is 39.9 Å². The average Bonchev–Trinajstić information content (AvgIpc) is 2.67. The third-order valence-electron chi connectivity index (χ3n) is 3.53. The number of carbonyl (C=O) groups is 1. The van der Waals surface area contributed by atoms with Gasteiger partial charge < -0.3 is 10.2 Å². The van der Waals surface area contributed by atoms with Gasteiger partial charge in [-0.1, -0.05) is 0 Å². The van der Waals surface area contributed by atoms with Crippen molar-refractivity contribution in [2.24, 2.45) is 0 Å². The van der Waals surface area contributed by atoms with E-state index in [2.05, 4.69) is 25.3 Å². The van der Waals surface area contributed by atoms with Crippen LogP contribution in [0.1, 0.15) is 16.1 Å². The number of nitrogens with one attached hydrogen (secondary N) is 1. The molecule has 0 saturated carbocycles. The summed E-state index contributed by atoms with van der Waals surface area (Å²) in [6.07, 6.45) is 6.58. The highest BCUT2D eigenvalue weighted by Gasteiger charge is 2.10. The summed E-state index contributed by atoms with van der Waals surface area (Å²) in [4.78, 5) is 31.1. The first-order valence-electron chi connectivity index (χ1n) is 7.77. The lowest BCUT2D eigenvalue weighted by molar-refractivity contribution is 0.0950. The molecule has 0 atom stereocenters. The predicted molar refractivity (Wildman–Crippen MR) is 95.0 cm³/mol. The van der Waals surface area contributed by atoms with Crippen LogP contribution in [0.5, 0.6) is 0 Å². The molecule has 0 spiro atoms. The number of anilines is 1. The zero-order chi connectivity index (χ0) is 17.6. The molecule has 126 valence electrons. The molecular formula is C18H18N6O. The molecule has 1 amide bonds. The Morgan fingerprint density at radius 1 is 1.00 bits per heavy atom. The van der Waals surface area contributed by atoms with Crippen LogP contribution in [-0.2, 0) is 6.54 Å². The molecule has 0 bridgehead atoms. The first-order valence-corrected chi connectivity index (χ1v) is 7.77. The molecule has 3 rings (SSSR count). The maximum Gasteiger partial charge on any atom is 0.251 e. The minimum atomic E-state index is -0.169. The smallest absolute Gasteiger partial charge is 0.251 e. The molecular weight excluding hydrogens is 316 g/mol. The quantitative estimate of drug-likeness (QED) is 0.767. The summed E-state index contributed by atoms with van der Waals surface area (Å²) in [5.41, 5.74) is 2.17. The number of rotatable bonds is 5. The van der Waals surface area contributed by atoms with E-state index in [1.54, 1.807) is 36.9 Å². The van der Waals surface area contributed by atoms with Crippen molar-refractivity contribution in [2.45, 2.75) is 6.54 Å². The van der Waals surface area contributed by atoms with E-state index < -0.39 is 0 Å². The standard InChI is InChI=1S/C18H18N6O/c1-24(2)16-11-15(12-21-18(25)14-5-9-20-10-6-14)22-17(23-16)13-3-7-19-8-4-13/h3-11H,12H2,1-2H3,(H,21,25). The summed E-state index contributed by atoms with van der Waals surface area (Å²) in [5.74, 6) is 1.20. The third kappa shape index (κ3) is 4.14. The van der Waals surface area contributed by atoms with Gasteiger partial charge in [0.1, 0.15) is 5.82 Å². The van der Waals surface area contributed by atoms with Gasteiger partial charge in [0.05, 0.1) is 12.2 Å². The van der Waals surface area contributed by atoms with Gasteiger partial charge in [0.2, 0.25) is 0 Å². The van der Waals surface area contributed by atoms with Crippen molar-refractivity contribution < 1.29 is 4.79 Å². The fourth-order valence-corrected chi connectivity index (χ4v) is 2.21. The van der Waals surface area contributed by atoms with E-state index >= 15 is 0 Å². The van der Waals surface area contributed by atoms with E-state index in [0.717, 1.165) is 17.1 Å². The minimum Gasteiger partial charge on any atom is -0.363 e. The summed E-state index contributed by atoms with van der Waals surface area (Å²) in [5, 5.41) is 2.87. The van der Waals surface area contributed by atoms with E-state index in [1.165, 1.54) is 0 Å². The second kappa shape index (κ2) is 7.48. The van der Waals surface area contributed by atoms with Gasteiger partial charge in [0, 0.05) is 56.1 Å². The van der Waals surface area contributed by atoms with Gasteiger partial charge in [0.25, 0.3) is 5.91 Å². The number of aromatic nitrogens is 4. The highest BCUT2D eigenvalue weighted by Crippen LogP contribution is 2.18. The Morgan fingerprint density at radius 3 is 2.28 bits per heavy atom. The molecule has 0 aliphatic heterocycles. The SMILES string of the molecule is CN(C)c1cc(CNC(=O)c2ccncc2)nc(-c2ccncc2)n1. The summed E-state index contributed by atoms with van der Waals surface area (Å²) in [6.45, 7) is 0.308.